The number of primary amides is 1. The standard InChI is InChI=1S/C14H19ClN2O2S/c1-14(2,13(16)19)9-17-12(18)8-20-7-10-3-5-11(15)6-4-10/h3-6H,7-9H2,1-2H3,(H2,16,19)(H,17,18). The largest absolute Gasteiger partial charge is 0.369 e. The lowest BCUT2D eigenvalue weighted by Crippen LogP contribution is -2.42. The van der Waals surface area contributed by atoms with E-state index in [2.05, 4.69) is 5.32 Å². The number of nitrogens with one attached hydrogen (secondary N) is 1. The smallest absolute Gasteiger partial charge is 0.230 e. The van der Waals surface area contributed by atoms with E-state index >= 15 is 0 Å². The Bertz CT molecular complexity index is 475. The van der Waals surface area contributed by atoms with Crippen LogP contribution in [0, 0.1) is 5.41 Å². The summed E-state index contributed by atoms with van der Waals surface area (Å²) in [5, 5.41) is 3.42. The van der Waals surface area contributed by atoms with Crippen molar-refractivity contribution in [2.45, 2.75) is 19.6 Å². The van der Waals surface area contributed by atoms with Crippen LogP contribution in [0.4, 0.5) is 0 Å². The molecule has 1 aromatic carbocycles. The maximum absolute atomic E-state index is 11.7. The van der Waals surface area contributed by atoms with Crippen molar-refractivity contribution in [3.63, 3.8) is 0 Å². The van der Waals surface area contributed by atoms with Gasteiger partial charge in [-0.25, -0.2) is 0 Å². The van der Waals surface area contributed by atoms with Gasteiger partial charge in [-0.15, -0.1) is 11.8 Å². The van der Waals surface area contributed by atoms with Crippen molar-refractivity contribution in [2.75, 3.05) is 12.3 Å². The fourth-order valence-corrected chi connectivity index (χ4v) is 2.24. The molecule has 20 heavy (non-hydrogen) atoms. The van der Waals surface area contributed by atoms with Gasteiger partial charge >= 0.3 is 0 Å². The minimum absolute atomic E-state index is 0.0988. The molecule has 0 aliphatic heterocycles. The normalized spacial score (nSPS) is 11.2. The number of amides is 2. The van der Waals surface area contributed by atoms with Gasteiger partial charge < -0.3 is 11.1 Å². The molecule has 0 radical (unpaired) electrons. The highest BCUT2D eigenvalue weighted by Gasteiger charge is 2.25. The summed E-state index contributed by atoms with van der Waals surface area (Å²) >= 11 is 7.30. The molecule has 4 nitrogen and oxygen atoms in total. The maximum atomic E-state index is 11.7. The van der Waals surface area contributed by atoms with Crippen LogP contribution >= 0.6 is 23.4 Å². The van der Waals surface area contributed by atoms with Crippen LogP contribution in [-0.2, 0) is 15.3 Å². The average Bonchev–Trinajstić information content (AvgIpc) is 2.39. The van der Waals surface area contributed by atoms with Crippen molar-refractivity contribution in [3.8, 4) is 0 Å². The number of rotatable bonds is 7. The second-order valence-corrected chi connectivity index (χ2v) is 6.57. The minimum atomic E-state index is -0.726. The Balaban J connectivity index is 2.27. The summed E-state index contributed by atoms with van der Waals surface area (Å²) in [4.78, 5) is 22.8. The van der Waals surface area contributed by atoms with Gasteiger partial charge in [-0.3, -0.25) is 9.59 Å². The van der Waals surface area contributed by atoms with Gasteiger partial charge in [0.2, 0.25) is 11.8 Å². The lowest BCUT2D eigenvalue weighted by Gasteiger charge is -2.20. The van der Waals surface area contributed by atoms with E-state index in [0.29, 0.717) is 10.8 Å². The second-order valence-electron chi connectivity index (χ2n) is 5.14. The Morgan fingerprint density at radius 3 is 2.45 bits per heavy atom. The van der Waals surface area contributed by atoms with E-state index in [1.165, 1.54) is 11.8 Å². The molecule has 0 bridgehead atoms. The molecule has 0 saturated carbocycles. The van der Waals surface area contributed by atoms with Crippen LogP contribution in [0.5, 0.6) is 0 Å². The third-order valence-corrected chi connectivity index (χ3v) is 4.07. The van der Waals surface area contributed by atoms with Crippen molar-refractivity contribution < 1.29 is 9.59 Å². The van der Waals surface area contributed by atoms with Crippen LogP contribution in [-0.4, -0.2) is 24.1 Å². The summed E-state index contributed by atoms with van der Waals surface area (Å²) in [6, 6.07) is 7.52. The molecule has 0 heterocycles. The number of carbonyl (C=O) groups excluding carboxylic acids is 2. The third-order valence-electron chi connectivity index (χ3n) is 2.81. The van der Waals surface area contributed by atoms with Gasteiger partial charge in [0.25, 0.3) is 0 Å². The number of hydrogen-bond acceptors (Lipinski definition) is 3. The Morgan fingerprint density at radius 1 is 1.30 bits per heavy atom. The van der Waals surface area contributed by atoms with Gasteiger partial charge in [-0.2, -0.15) is 0 Å². The number of thioether (sulfide) groups is 1. The summed E-state index contributed by atoms with van der Waals surface area (Å²) in [7, 11) is 0. The van der Waals surface area contributed by atoms with Crippen molar-refractivity contribution in [3.05, 3.63) is 34.9 Å². The number of carbonyl (C=O) groups is 2. The first-order valence-electron chi connectivity index (χ1n) is 6.20. The van der Waals surface area contributed by atoms with Crippen LogP contribution in [0.3, 0.4) is 0 Å². The molecule has 0 spiro atoms. The molecule has 1 rings (SSSR count). The first kappa shape index (κ1) is 16.9. The van der Waals surface area contributed by atoms with E-state index in [1.54, 1.807) is 13.8 Å². The van der Waals surface area contributed by atoms with Crippen molar-refractivity contribution in [1.82, 2.24) is 5.32 Å². The van der Waals surface area contributed by atoms with E-state index in [9.17, 15) is 9.59 Å². The molecule has 2 amide bonds. The van der Waals surface area contributed by atoms with Crippen LogP contribution in [0.15, 0.2) is 24.3 Å². The summed E-state index contributed by atoms with van der Waals surface area (Å²) in [5.74, 6) is 0.561. The highest BCUT2D eigenvalue weighted by atomic mass is 35.5. The van der Waals surface area contributed by atoms with Gasteiger partial charge in [-0.05, 0) is 31.5 Å². The van der Waals surface area contributed by atoms with Gasteiger partial charge in [0.05, 0.1) is 11.2 Å². The Morgan fingerprint density at radius 2 is 1.90 bits per heavy atom. The zero-order valence-electron chi connectivity index (χ0n) is 11.6. The fourth-order valence-electron chi connectivity index (χ4n) is 1.30. The molecule has 0 fully saturated rings. The van der Waals surface area contributed by atoms with E-state index in [0.717, 1.165) is 11.3 Å². The van der Waals surface area contributed by atoms with E-state index in [4.69, 9.17) is 17.3 Å². The van der Waals surface area contributed by atoms with Crippen LogP contribution in [0.2, 0.25) is 5.02 Å². The quantitative estimate of drug-likeness (QED) is 0.810. The van der Waals surface area contributed by atoms with Crippen LogP contribution in [0.25, 0.3) is 0 Å². The molecule has 6 heteroatoms. The Labute approximate surface area is 128 Å². The van der Waals surface area contributed by atoms with E-state index in [-0.39, 0.29) is 12.5 Å². The van der Waals surface area contributed by atoms with E-state index < -0.39 is 11.3 Å². The fraction of sp³-hybridized carbons (Fsp3) is 0.429. The summed E-state index contributed by atoms with van der Waals surface area (Å²) in [6.45, 7) is 3.66. The molecule has 0 unspecified atom stereocenters. The zero-order chi connectivity index (χ0) is 15.2. The molecule has 1 aromatic rings. The molecule has 0 saturated heterocycles. The van der Waals surface area contributed by atoms with Crippen molar-refractivity contribution in [1.29, 1.82) is 0 Å². The summed E-state index contributed by atoms with van der Waals surface area (Å²) in [6.07, 6.45) is 0. The number of nitrogens with two attached hydrogens (primary N) is 1. The molecule has 3 N–H and O–H groups in total. The summed E-state index contributed by atoms with van der Waals surface area (Å²) in [5.41, 5.74) is 5.63. The third kappa shape index (κ3) is 5.84. The van der Waals surface area contributed by atoms with Crippen LogP contribution in [0.1, 0.15) is 19.4 Å². The Kier molecular flexibility index (Phi) is 6.36. The SMILES string of the molecule is CC(C)(CNC(=O)CSCc1ccc(Cl)cc1)C(N)=O. The Hall–Kier alpha value is -1.20. The highest BCUT2D eigenvalue weighted by Crippen LogP contribution is 2.16. The molecule has 0 aliphatic carbocycles. The predicted octanol–water partition coefficient (Wildman–Crippen LogP) is 2.20. The van der Waals surface area contributed by atoms with Gasteiger partial charge in [-0.1, -0.05) is 23.7 Å². The lowest BCUT2D eigenvalue weighted by molar-refractivity contribution is -0.126. The second kappa shape index (κ2) is 7.55. The monoisotopic (exact) mass is 314 g/mol. The molecule has 110 valence electrons. The average molecular weight is 315 g/mol. The molecule has 0 aromatic heterocycles. The van der Waals surface area contributed by atoms with Crippen molar-refractivity contribution >= 4 is 35.2 Å². The van der Waals surface area contributed by atoms with Gasteiger partial charge in [0.1, 0.15) is 0 Å². The molecular weight excluding hydrogens is 296 g/mol. The zero-order valence-corrected chi connectivity index (χ0v) is 13.2. The molecular formula is C14H19ClN2O2S. The summed E-state index contributed by atoms with van der Waals surface area (Å²) < 4.78 is 0. The van der Waals surface area contributed by atoms with E-state index in [1.807, 2.05) is 24.3 Å². The van der Waals surface area contributed by atoms with Crippen LogP contribution < -0.4 is 11.1 Å². The number of halogens is 1. The van der Waals surface area contributed by atoms with Gasteiger partial charge in [0, 0.05) is 17.3 Å². The van der Waals surface area contributed by atoms with Crippen molar-refractivity contribution in [2.24, 2.45) is 11.1 Å². The highest BCUT2D eigenvalue weighted by molar-refractivity contribution is 7.99. The van der Waals surface area contributed by atoms with Gasteiger partial charge in [0.15, 0.2) is 0 Å². The predicted molar refractivity (Wildman–Crippen MR) is 83.6 cm³/mol. The number of hydrogen-bond donors (Lipinski definition) is 2. The first-order chi connectivity index (χ1) is 9.31. The minimum Gasteiger partial charge on any atom is -0.369 e. The first-order valence-corrected chi connectivity index (χ1v) is 7.73. The topological polar surface area (TPSA) is 72.2 Å². The number of benzene rings is 1. The lowest BCUT2D eigenvalue weighted by atomic mass is 9.93. The molecule has 0 aliphatic rings. The maximum Gasteiger partial charge on any atom is 0.230 e. The molecule has 0 atom stereocenters.